The second-order valence-electron chi connectivity index (χ2n) is 7.20. The van der Waals surface area contributed by atoms with Gasteiger partial charge in [-0.05, 0) is 60.0 Å². The van der Waals surface area contributed by atoms with E-state index in [-0.39, 0.29) is 6.04 Å². The molecule has 152 valence electrons. The van der Waals surface area contributed by atoms with Crippen molar-refractivity contribution in [3.8, 4) is 6.07 Å². The number of hydrogen-bond donors (Lipinski definition) is 1. The summed E-state index contributed by atoms with van der Waals surface area (Å²) in [5, 5.41) is 9.25. The highest BCUT2D eigenvalue weighted by molar-refractivity contribution is 5.85. The third-order valence-corrected chi connectivity index (χ3v) is 5.09. The zero-order valence-electron chi connectivity index (χ0n) is 17.2. The van der Waals surface area contributed by atoms with E-state index < -0.39 is 0 Å². The van der Waals surface area contributed by atoms with Crippen LogP contribution in [0.1, 0.15) is 22.7 Å². The average Bonchev–Trinajstić information content (AvgIpc) is 3.08. The number of nitrogens with zero attached hydrogens (tertiary/aromatic N) is 5. The van der Waals surface area contributed by atoms with Crippen LogP contribution in [0.3, 0.4) is 0 Å². The summed E-state index contributed by atoms with van der Waals surface area (Å²) in [6.45, 7) is 2.65. The minimum Gasteiger partial charge on any atom is -0.384 e. The van der Waals surface area contributed by atoms with Gasteiger partial charge in [-0.2, -0.15) is 5.26 Å². The van der Waals surface area contributed by atoms with Gasteiger partial charge in [-0.3, -0.25) is 9.98 Å². The Labute approximate surface area is 181 Å². The van der Waals surface area contributed by atoms with E-state index in [4.69, 9.17) is 5.73 Å². The lowest BCUT2D eigenvalue weighted by Crippen LogP contribution is -2.27. The summed E-state index contributed by atoms with van der Waals surface area (Å²) in [7, 11) is 0. The Morgan fingerprint density at radius 1 is 1.16 bits per heavy atom. The van der Waals surface area contributed by atoms with E-state index in [1.165, 1.54) is 0 Å². The lowest BCUT2D eigenvalue weighted by molar-refractivity contribution is 0.819. The van der Waals surface area contributed by atoms with Crippen LogP contribution in [-0.4, -0.2) is 22.7 Å². The number of aliphatic imine (C=N–C) groups is 1. The smallest absolute Gasteiger partial charge is 0.123 e. The van der Waals surface area contributed by atoms with Crippen LogP contribution < -0.4 is 10.6 Å². The molecule has 6 nitrogen and oxygen atoms in total. The fourth-order valence-electron chi connectivity index (χ4n) is 3.64. The number of benzene rings is 1. The number of allylic oxidation sites excluding steroid dienone is 2. The molecule has 2 aromatic heterocycles. The maximum absolute atomic E-state index is 9.25. The average molecular weight is 406 g/mol. The first-order valence-electron chi connectivity index (χ1n) is 9.95. The van der Waals surface area contributed by atoms with Gasteiger partial charge in [0, 0.05) is 24.3 Å². The van der Waals surface area contributed by atoms with Crippen molar-refractivity contribution in [3.05, 3.63) is 102 Å². The first-order chi connectivity index (χ1) is 15.2. The van der Waals surface area contributed by atoms with Crippen molar-refractivity contribution in [2.24, 2.45) is 4.99 Å². The first kappa shape index (κ1) is 20.0. The molecule has 1 aliphatic rings. The molecule has 31 heavy (non-hydrogen) atoms. The number of anilines is 3. The van der Waals surface area contributed by atoms with Gasteiger partial charge in [0.1, 0.15) is 5.82 Å². The quantitative estimate of drug-likeness (QED) is 0.664. The van der Waals surface area contributed by atoms with Gasteiger partial charge in [0.15, 0.2) is 0 Å². The van der Waals surface area contributed by atoms with Gasteiger partial charge in [-0.15, -0.1) is 0 Å². The highest BCUT2D eigenvalue weighted by Gasteiger charge is 2.27. The highest BCUT2D eigenvalue weighted by Crippen LogP contribution is 2.40. The standard InChI is InChI=1S/C25H22N6/c1-18-13-24(27)30-17-23(18)31(22-9-7-19(14-26)8-10-22)25(21-6-4-12-29-16-21)20-5-2-3-11-28-15-20/h2-10,12-13,15-17,25H,11H2,1H3,(H2,27,30). The molecule has 0 spiro atoms. The molecule has 1 unspecified atom stereocenters. The maximum Gasteiger partial charge on any atom is 0.123 e. The Bertz CT molecular complexity index is 1190. The summed E-state index contributed by atoms with van der Waals surface area (Å²) in [5.74, 6) is 0.470. The SMILES string of the molecule is Cc1cc(N)ncc1N(c1ccc(C#N)cc1)C(C1=CC=CCN=C1)c1cccnc1. The fraction of sp³-hybridized carbons (Fsp3) is 0.120. The molecular formula is C25H22N6. The molecule has 4 rings (SSSR count). The summed E-state index contributed by atoms with van der Waals surface area (Å²) in [6.07, 6.45) is 13.4. The monoisotopic (exact) mass is 406 g/mol. The third kappa shape index (κ3) is 4.36. The molecule has 0 amide bonds. The second-order valence-corrected chi connectivity index (χ2v) is 7.20. The Morgan fingerprint density at radius 3 is 2.71 bits per heavy atom. The number of hydrogen-bond acceptors (Lipinski definition) is 6. The Kier molecular flexibility index (Phi) is 5.86. The van der Waals surface area contributed by atoms with Crippen LogP contribution in [0.2, 0.25) is 0 Å². The molecule has 1 atom stereocenters. The molecule has 0 saturated heterocycles. The van der Waals surface area contributed by atoms with Crippen LogP contribution in [-0.2, 0) is 0 Å². The molecule has 0 aliphatic carbocycles. The lowest BCUT2D eigenvalue weighted by Gasteiger charge is -2.35. The number of nitrogens with two attached hydrogens (primary N) is 1. The molecule has 0 saturated carbocycles. The van der Waals surface area contributed by atoms with Crippen LogP contribution >= 0.6 is 0 Å². The molecule has 6 heteroatoms. The number of nitriles is 1. The summed E-state index contributed by atoms with van der Waals surface area (Å²) < 4.78 is 0. The van der Waals surface area contributed by atoms with E-state index in [0.717, 1.165) is 28.1 Å². The number of rotatable bonds is 5. The summed E-state index contributed by atoms with van der Waals surface area (Å²) in [5.41, 5.74) is 11.4. The summed E-state index contributed by atoms with van der Waals surface area (Å²) >= 11 is 0. The van der Waals surface area contributed by atoms with Gasteiger partial charge < -0.3 is 10.6 Å². The minimum absolute atomic E-state index is 0.211. The van der Waals surface area contributed by atoms with Gasteiger partial charge in [0.2, 0.25) is 0 Å². The summed E-state index contributed by atoms with van der Waals surface area (Å²) in [6, 6.07) is 15.3. The second kappa shape index (κ2) is 9.06. The molecule has 1 aromatic carbocycles. The Morgan fingerprint density at radius 2 is 2.00 bits per heavy atom. The highest BCUT2D eigenvalue weighted by atomic mass is 15.2. The number of pyridine rings is 2. The van der Waals surface area contributed by atoms with Gasteiger partial charge in [-0.25, -0.2) is 4.98 Å². The van der Waals surface area contributed by atoms with Gasteiger partial charge in [0.05, 0.1) is 36.1 Å². The normalized spacial score (nSPS) is 13.7. The van der Waals surface area contributed by atoms with Gasteiger partial charge >= 0.3 is 0 Å². The van der Waals surface area contributed by atoms with E-state index >= 15 is 0 Å². The maximum atomic E-state index is 9.25. The Balaban J connectivity index is 1.96. The van der Waals surface area contributed by atoms with Crippen molar-refractivity contribution in [2.75, 3.05) is 17.2 Å². The molecule has 0 bridgehead atoms. The molecule has 0 radical (unpaired) electrons. The van der Waals surface area contributed by atoms with Crippen molar-refractivity contribution in [3.63, 3.8) is 0 Å². The predicted molar refractivity (Wildman–Crippen MR) is 124 cm³/mol. The Hall–Kier alpha value is -4.24. The van der Waals surface area contributed by atoms with Gasteiger partial charge in [-0.1, -0.05) is 24.3 Å². The van der Waals surface area contributed by atoms with Crippen molar-refractivity contribution >= 4 is 23.4 Å². The summed E-state index contributed by atoms with van der Waals surface area (Å²) in [4.78, 5) is 15.4. The topological polar surface area (TPSA) is 91.2 Å². The van der Waals surface area contributed by atoms with Crippen molar-refractivity contribution in [1.29, 1.82) is 5.26 Å². The van der Waals surface area contributed by atoms with Crippen LogP contribution in [0, 0.1) is 18.3 Å². The molecule has 3 aromatic rings. The van der Waals surface area contributed by atoms with Crippen molar-refractivity contribution in [1.82, 2.24) is 9.97 Å². The molecule has 3 heterocycles. The van der Waals surface area contributed by atoms with E-state index in [0.29, 0.717) is 17.9 Å². The largest absolute Gasteiger partial charge is 0.384 e. The first-order valence-corrected chi connectivity index (χ1v) is 9.95. The van der Waals surface area contributed by atoms with Gasteiger partial charge in [0.25, 0.3) is 0 Å². The zero-order chi connectivity index (χ0) is 21.6. The fourth-order valence-corrected chi connectivity index (χ4v) is 3.64. The third-order valence-electron chi connectivity index (χ3n) is 5.09. The van der Waals surface area contributed by atoms with Crippen LogP contribution in [0.25, 0.3) is 0 Å². The van der Waals surface area contributed by atoms with E-state index in [1.54, 1.807) is 12.4 Å². The van der Waals surface area contributed by atoms with E-state index in [9.17, 15) is 5.26 Å². The van der Waals surface area contributed by atoms with Crippen LogP contribution in [0.5, 0.6) is 0 Å². The molecule has 1 aliphatic heterocycles. The minimum atomic E-state index is -0.211. The lowest BCUT2D eigenvalue weighted by atomic mass is 9.96. The van der Waals surface area contributed by atoms with E-state index in [2.05, 4.69) is 38.1 Å². The van der Waals surface area contributed by atoms with Crippen molar-refractivity contribution < 1.29 is 0 Å². The number of nitrogen functional groups attached to an aromatic ring is 1. The zero-order valence-corrected chi connectivity index (χ0v) is 17.2. The predicted octanol–water partition coefficient (Wildman–Crippen LogP) is 4.69. The van der Waals surface area contributed by atoms with Crippen molar-refractivity contribution in [2.45, 2.75) is 13.0 Å². The number of aromatic nitrogens is 2. The molecule has 0 fully saturated rings. The molecular weight excluding hydrogens is 384 g/mol. The van der Waals surface area contributed by atoms with E-state index in [1.807, 2.05) is 67.9 Å². The number of aryl methyl sites for hydroxylation is 1. The van der Waals surface area contributed by atoms with Crippen LogP contribution in [0.15, 0.2) is 89.8 Å². The molecule has 2 N–H and O–H groups in total. The van der Waals surface area contributed by atoms with Crippen LogP contribution in [0.4, 0.5) is 17.2 Å².